The lowest BCUT2D eigenvalue weighted by molar-refractivity contribution is 0.114. The first-order valence-corrected chi connectivity index (χ1v) is 8.38. The normalized spacial score (nSPS) is 31.3. The van der Waals surface area contributed by atoms with Gasteiger partial charge in [0.25, 0.3) is 0 Å². The number of nitrogens with zero attached hydrogens (tertiary/aromatic N) is 1. The first kappa shape index (κ1) is 12.8. The number of aliphatic imine (C=N–C) groups is 1. The summed E-state index contributed by atoms with van der Waals surface area (Å²) in [4.78, 5) is 4.78. The number of ether oxygens (including phenoxy) is 1. The van der Waals surface area contributed by atoms with Crippen molar-refractivity contribution >= 4 is 16.9 Å². The number of rotatable bonds is 2. The van der Waals surface area contributed by atoms with E-state index < -0.39 is 0 Å². The maximum Gasteiger partial charge on any atom is 0.156 e. The first-order valence-electron chi connectivity index (χ1n) is 7.39. The molecular weight excluding hydrogens is 244 g/mol. The van der Waals surface area contributed by atoms with Crippen LogP contribution in [0.15, 0.2) is 4.99 Å². The Kier molecular flexibility index (Phi) is 4.14. The molecule has 1 N–H and O–H groups in total. The fourth-order valence-corrected chi connectivity index (χ4v) is 4.43. The molecule has 3 rings (SSSR count). The highest BCUT2D eigenvalue weighted by molar-refractivity contribution is 8.13. The molecule has 2 aliphatic heterocycles. The summed E-state index contributed by atoms with van der Waals surface area (Å²) in [6.07, 6.45) is 9.87. The topological polar surface area (TPSA) is 33.6 Å². The van der Waals surface area contributed by atoms with Crippen LogP contribution in [0.2, 0.25) is 0 Å². The number of nitrogens with one attached hydrogen (secondary N) is 1. The summed E-state index contributed by atoms with van der Waals surface area (Å²) in [6, 6.07) is 0. The van der Waals surface area contributed by atoms with Crippen LogP contribution in [0.25, 0.3) is 0 Å². The summed E-state index contributed by atoms with van der Waals surface area (Å²) >= 11 is 1.94. The van der Waals surface area contributed by atoms with E-state index in [2.05, 4.69) is 5.32 Å². The molecule has 1 unspecified atom stereocenters. The van der Waals surface area contributed by atoms with Gasteiger partial charge in [0.2, 0.25) is 0 Å². The van der Waals surface area contributed by atoms with Crippen molar-refractivity contribution < 1.29 is 4.74 Å². The summed E-state index contributed by atoms with van der Waals surface area (Å²) in [6.45, 7) is 2.93. The van der Waals surface area contributed by atoms with Crippen LogP contribution in [0.3, 0.4) is 0 Å². The summed E-state index contributed by atoms with van der Waals surface area (Å²) in [7, 11) is 0. The van der Waals surface area contributed by atoms with Gasteiger partial charge in [0.15, 0.2) is 5.17 Å². The standard InChI is InChI=1S/C14H24N2OS/c1-2-6-14(7-3-1)10-16-13(18-11-14)15-9-12-5-4-8-17-12/h12H,1-11H2,(H,15,16). The number of thioether (sulfide) groups is 1. The van der Waals surface area contributed by atoms with Gasteiger partial charge in [0.05, 0.1) is 6.10 Å². The minimum Gasteiger partial charge on any atom is -0.376 e. The molecule has 1 saturated carbocycles. The summed E-state index contributed by atoms with van der Waals surface area (Å²) in [5.41, 5.74) is 0.540. The Hall–Kier alpha value is -0.220. The van der Waals surface area contributed by atoms with Crippen LogP contribution in [-0.2, 0) is 4.74 Å². The van der Waals surface area contributed by atoms with E-state index in [-0.39, 0.29) is 0 Å². The van der Waals surface area contributed by atoms with E-state index in [0.717, 1.165) is 24.9 Å². The molecule has 0 aromatic heterocycles. The number of hydrogen-bond donors (Lipinski definition) is 1. The third-order valence-electron chi connectivity index (χ3n) is 4.49. The second-order valence-electron chi connectivity index (χ2n) is 5.99. The Bertz CT molecular complexity index is 307. The number of hydrogen-bond acceptors (Lipinski definition) is 4. The second kappa shape index (κ2) is 5.83. The number of amidine groups is 1. The second-order valence-corrected chi connectivity index (χ2v) is 6.95. The average molecular weight is 268 g/mol. The van der Waals surface area contributed by atoms with Gasteiger partial charge in [-0.15, -0.1) is 0 Å². The Morgan fingerprint density at radius 2 is 2.17 bits per heavy atom. The Labute approximate surface area is 114 Å². The maximum absolute atomic E-state index is 5.63. The summed E-state index contributed by atoms with van der Waals surface area (Å²) < 4.78 is 5.63. The van der Waals surface area contributed by atoms with Crippen molar-refractivity contribution in [2.45, 2.75) is 51.0 Å². The molecule has 4 heteroatoms. The van der Waals surface area contributed by atoms with Gasteiger partial charge in [-0.25, -0.2) is 0 Å². The Morgan fingerprint density at radius 1 is 1.28 bits per heavy atom. The van der Waals surface area contributed by atoms with Gasteiger partial charge in [-0.05, 0) is 31.1 Å². The average Bonchev–Trinajstić information content (AvgIpc) is 2.93. The smallest absolute Gasteiger partial charge is 0.156 e. The Morgan fingerprint density at radius 3 is 2.83 bits per heavy atom. The Balaban J connectivity index is 1.47. The van der Waals surface area contributed by atoms with E-state index in [4.69, 9.17) is 9.73 Å². The molecule has 0 radical (unpaired) electrons. The van der Waals surface area contributed by atoms with Gasteiger partial charge in [-0.2, -0.15) is 0 Å². The van der Waals surface area contributed by atoms with Gasteiger partial charge < -0.3 is 10.1 Å². The fourth-order valence-electron chi connectivity index (χ4n) is 3.27. The molecule has 1 saturated heterocycles. The maximum atomic E-state index is 5.63. The minimum absolute atomic E-state index is 0.416. The van der Waals surface area contributed by atoms with Crippen molar-refractivity contribution in [1.82, 2.24) is 5.32 Å². The monoisotopic (exact) mass is 268 g/mol. The molecule has 1 atom stereocenters. The largest absolute Gasteiger partial charge is 0.376 e. The first-order chi connectivity index (χ1) is 8.86. The zero-order chi connectivity index (χ0) is 12.3. The molecule has 3 aliphatic rings. The zero-order valence-electron chi connectivity index (χ0n) is 11.1. The van der Waals surface area contributed by atoms with E-state index in [1.807, 2.05) is 11.8 Å². The van der Waals surface area contributed by atoms with Crippen molar-refractivity contribution in [3.8, 4) is 0 Å². The molecule has 2 fully saturated rings. The van der Waals surface area contributed by atoms with Gasteiger partial charge >= 0.3 is 0 Å². The van der Waals surface area contributed by atoms with Crippen molar-refractivity contribution in [1.29, 1.82) is 0 Å². The van der Waals surface area contributed by atoms with E-state index in [9.17, 15) is 0 Å². The molecule has 0 bridgehead atoms. The van der Waals surface area contributed by atoms with Crippen LogP contribution >= 0.6 is 11.8 Å². The molecule has 1 spiro atoms. The third-order valence-corrected chi connectivity index (χ3v) is 5.80. The van der Waals surface area contributed by atoms with Gasteiger partial charge in [-0.3, -0.25) is 4.99 Å². The van der Waals surface area contributed by atoms with Gasteiger partial charge in [-0.1, -0.05) is 31.0 Å². The predicted molar refractivity (Wildman–Crippen MR) is 77.3 cm³/mol. The summed E-state index contributed by atoms with van der Waals surface area (Å²) in [5.74, 6) is 1.27. The molecule has 102 valence electrons. The van der Waals surface area contributed by atoms with E-state index in [1.54, 1.807) is 0 Å². The predicted octanol–water partition coefficient (Wildman–Crippen LogP) is 2.81. The van der Waals surface area contributed by atoms with Crippen LogP contribution in [-0.4, -0.2) is 36.7 Å². The SMILES string of the molecule is C1CCC2(CC1)CN=C(NCC1CCCO1)SC2. The molecule has 1 aliphatic carbocycles. The van der Waals surface area contributed by atoms with E-state index >= 15 is 0 Å². The van der Waals surface area contributed by atoms with Crippen LogP contribution in [0.4, 0.5) is 0 Å². The lowest BCUT2D eigenvalue weighted by atomic mass is 9.75. The van der Waals surface area contributed by atoms with Crippen LogP contribution in [0.5, 0.6) is 0 Å². The van der Waals surface area contributed by atoms with E-state index in [0.29, 0.717) is 11.5 Å². The van der Waals surface area contributed by atoms with Crippen LogP contribution < -0.4 is 5.32 Å². The molecular formula is C14H24N2OS. The van der Waals surface area contributed by atoms with Crippen LogP contribution in [0.1, 0.15) is 44.9 Å². The van der Waals surface area contributed by atoms with Crippen LogP contribution in [0, 0.1) is 5.41 Å². The lowest BCUT2D eigenvalue weighted by Crippen LogP contribution is -2.38. The lowest BCUT2D eigenvalue weighted by Gasteiger charge is -2.38. The zero-order valence-corrected chi connectivity index (χ0v) is 11.9. The highest BCUT2D eigenvalue weighted by Gasteiger charge is 2.34. The molecule has 0 aromatic rings. The van der Waals surface area contributed by atoms with Gasteiger partial charge in [0.1, 0.15) is 0 Å². The third kappa shape index (κ3) is 3.02. The van der Waals surface area contributed by atoms with Crippen molar-refractivity contribution in [3.63, 3.8) is 0 Å². The quantitative estimate of drug-likeness (QED) is 0.836. The summed E-state index contributed by atoms with van der Waals surface area (Å²) in [5, 5.41) is 4.63. The van der Waals surface area contributed by atoms with Crippen molar-refractivity contribution in [2.75, 3.05) is 25.4 Å². The van der Waals surface area contributed by atoms with Crippen molar-refractivity contribution in [3.05, 3.63) is 0 Å². The molecule has 3 nitrogen and oxygen atoms in total. The highest BCUT2D eigenvalue weighted by Crippen LogP contribution is 2.41. The van der Waals surface area contributed by atoms with E-state index in [1.165, 1.54) is 50.7 Å². The van der Waals surface area contributed by atoms with Gasteiger partial charge in [0, 0.05) is 25.4 Å². The molecule has 0 aromatic carbocycles. The fraction of sp³-hybridized carbons (Fsp3) is 0.929. The molecule has 0 amide bonds. The molecule has 18 heavy (non-hydrogen) atoms. The molecule has 2 heterocycles. The van der Waals surface area contributed by atoms with Crippen molar-refractivity contribution in [2.24, 2.45) is 10.4 Å². The minimum atomic E-state index is 0.416. The highest BCUT2D eigenvalue weighted by atomic mass is 32.2.